The Morgan fingerprint density at radius 3 is 2.53 bits per heavy atom. The van der Waals surface area contributed by atoms with Crippen molar-refractivity contribution in [1.29, 1.82) is 0 Å². The van der Waals surface area contributed by atoms with Crippen LogP contribution < -0.4 is 10.2 Å². The lowest BCUT2D eigenvalue weighted by Gasteiger charge is -2.32. The number of amides is 1. The molecule has 0 spiro atoms. The molecule has 1 amide bonds. The van der Waals surface area contributed by atoms with Crippen molar-refractivity contribution in [3.05, 3.63) is 53.5 Å². The van der Waals surface area contributed by atoms with E-state index in [4.69, 9.17) is 0 Å². The van der Waals surface area contributed by atoms with Gasteiger partial charge in [-0.05, 0) is 54.7 Å². The number of fused-ring (bicyclic) bond motifs is 2. The number of hydrogen-bond donors (Lipinski definition) is 2. The zero-order valence-corrected chi connectivity index (χ0v) is 19.4. The molecule has 2 N–H and O–H groups in total. The van der Waals surface area contributed by atoms with E-state index in [-0.39, 0.29) is 17.5 Å². The van der Waals surface area contributed by atoms with Gasteiger partial charge in [0.15, 0.2) is 5.65 Å². The number of piperazine rings is 1. The molecule has 2 aliphatic rings. The Morgan fingerprint density at radius 1 is 1.00 bits per heavy atom. The molecule has 2 saturated heterocycles. The normalized spacial score (nSPS) is 17.9. The number of carbonyl (C=O) groups excluding carboxylic acids is 1. The minimum absolute atomic E-state index is 0.0500. The average molecular weight is 499 g/mol. The van der Waals surface area contributed by atoms with Gasteiger partial charge < -0.3 is 20.1 Å². The van der Waals surface area contributed by atoms with E-state index >= 15 is 0 Å². The minimum atomic E-state index is -4.63. The van der Waals surface area contributed by atoms with Crippen molar-refractivity contribution in [3.63, 3.8) is 0 Å². The number of aromatic nitrogens is 5. The van der Waals surface area contributed by atoms with Crippen molar-refractivity contribution >= 4 is 28.3 Å². The largest absolute Gasteiger partial charge is 0.453 e. The lowest BCUT2D eigenvalue weighted by Crippen LogP contribution is -2.46. The van der Waals surface area contributed by atoms with Crippen LogP contribution in [0.15, 0.2) is 36.5 Å². The van der Waals surface area contributed by atoms with Crippen LogP contribution in [0.5, 0.6) is 0 Å². The molecule has 0 aliphatic carbocycles. The summed E-state index contributed by atoms with van der Waals surface area (Å²) < 4.78 is 40.5. The summed E-state index contributed by atoms with van der Waals surface area (Å²) in [5, 5.41) is 15.3. The molecule has 0 radical (unpaired) electrons. The number of alkyl halides is 3. The van der Waals surface area contributed by atoms with Crippen LogP contribution in [-0.2, 0) is 6.18 Å². The van der Waals surface area contributed by atoms with Crippen molar-refractivity contribution in [2.24, 2.45) is 0 Å². The lowest BCUT2D eigenvalue weighted by molar-refractivity contribution is -0.146. The van der Waals surface area contributed by atoms with Crippen LogP contribution in [-0.4, -0.2) is 74.9 Å². The van der Waals surface area contributed by atoms with Gasteiger partial charge in [0.25, 0.3) is 11.7 Å². The standard InChI is InChI=1S/C24H25F3N8O/c25-24(26,27)23-31-30-20-3-4-21(32-35(20)23)33-9-5-15(6-10-33)18-14-29-19-2-1-16(13-17(18)19)22(36)34-11-7-28-8-12-34/h1-4,13-15,28-29H,5-12H2. The predicted octanol–water partition coefficient (Wildman–Crippen LogP) is 3.05. The molecular formula is C24H25F3N8O. The molecule has 6 rings (SSSR count). The smallest absolute Gasteiger partial charge is 0.361 e. The van der Waals surface area contributed by atoms with Crippen molar-refractivity contribution in [2.45, 2.75) is 24.9 Å². The maximum atomic E-state index is 13.2. The number of nitrogens with zero attached hydrogens (tertiary/aromatic N) is 6. The van der Waals surface area contributed by atoms with Gasteiger partial charge in [-0.1, -0.05) is 0 Å². The maximum Gasteiger partial charge on any atom is 0.453 e. The number of aromatic amines is 1. The van der Waals surface area contributed by atoms with E-state index in [0.29, 0.717) is 37.6 Å². The van der Waals surface area contributed by atoms with Gasteiger partial charge in [-0.2, -0.15) is 17.7 Å². The van der Waals surface area contributed by atoms with Gasteiger partial charge in [0.2, 0.25) is 0 Å². The van der Waals surface area contributed by atoms with E-state index in [1.54, 1.807) is 6.07 Å². The number of carbonyl (C=O) groups is 1. The molecule has 4 aromatic rings. The highest BCUT2D eigenvalue weighted by molar-refractivity contribution is 5.99. The lowest BCUT2D eigenvalue weighted by atomic mass is 9.89. The molecule has 3 aromatic heterocycles. The monoisotopic (exact) mass is 498 g/mol. The van der Waals surface area contributed by atoms with E-state index in [1.165, 1.54) is 11.6 Å². The van der Waals surface area contributed by atoms with E-state index in [9.17, 15) is 18.0 Å². The third-order valence-electron chi connectivity index (χ3n) is 7.13. The fraction of sp³-hybridized carbons (Fsp3) is 0.417. The third-order valence-corrected chi connectivity index (χ3v) is 7.13. The molecule has 9 nitrogen and oxygen atoms in total. The summed E-state index contributed by atoms with van der Waals surface area (Å²) in [7, 11) is 0. The van der Waals surface area contributed by atoms with Crippen molar-refractivity contribution in [3.8, 4) is 0 Å². The van der Waals surface area contributed by atoms with Gasteiger partial charge >= 0.3 is 6.18 Å². The van der Waals surface area contributed by atoms with Gasteiger partial charge in [0.05, 0.1) is 0 Å². The molecule has 0 atom stereocenters. The van der Waals surface area contributed by atoms with Gasteiger partial charge in [0.1, 0.15) is 5.82 Å². The molecule has 2 aliphatic heterocycles. The SMILES string of the molecule is O=C(c1ccc2[nH]cc(C3CCN(c4ccc5nnc(C(F)(F)F)n5n4)CC3)c2c1)N1CCNCC1. The Kier molecular flexibility index (Phi) is 5.55. The third kappa shape index (κ3) is 4.04. The highest BCUT2D eigenvalue weighted by atomic mass is 19.4. The second-order valence-electron chi connectivity index (χ2n) is 9.29. The number of piperidine rings is 1. The summed E-state index contributed by atoms with van der Waals surface area (Å²) in [6.07, 6.45) is -0.979. The summed E-state index contributed by atoms with van der Waals surface area (Å²) >= 11 is 0. The number of hydrogen-bond acceptors (Lipinski definition) is 6. The molecule has 0 bridgehead atoms. The number of halogens is 3. The Labute approximate surface area is 204 Å². The summed E-state index contributed by atoms with van der Waals surface area (Å²) in [6.45, 7) is 4.32. The molecule has 0 unspecified atom stereocenters. The molecule has 5 heterocycles. The second-order valence-corrected chi connectivity index (χ2v) is 9.29. The molecule has 2 fully saturated rings. The fourth-order valence-corrected chi connectivity index (χ4v) is 5.21. The van der Waals surface area contributed by atoms with Crippen LogP contribution in [0, 0.1) is 0 Å². The first-order valence-electron chi connectivity index (χ1n) is 12.0. The van der Waals surface area contributed by atoms with E-state index in [2.05, 4.69) is 25.6 Å². The Hall–Kier alpha value is -3.67. The topological polar surface area (TPSA) is 94.5 Å². The van der Waals surface area contributed by atoms with Crippen LogP contribution in [0.25, 0.3) is 16.6 Å². The quantitative estimate of drug-likeness (QED) is 0.451. The highest BCUT2D eigenvalue weighted by Crippen LogP contribution is 2.35. The van der Waals surface area contributed by atoms with Crippen LogP contribution >= 0.6 is 0 Å². The summed E-state index contributed by atoms with van der Waals surface area (Å²) in [4.78, 5) is 20.2. The zero-order chi connectivity index (χ0) is 24.9. The van der Waals surface area contributed by atoms with Crippen molar-refractivity contribution in [2.75, 3.05) is 44.2 Å². The maximum absolute atomic E-state index is 13.2. The van der Waals surface area contributed by atoms with Crippen molar-refractivity contribution in [1.82, 2.24) is 35.0 Å². The number of nitrogens with one attached hydrogen (secondary N) is 2. The zero-order valence-electron chi connectivity index (χ0n) is 19.4. The van der Waals surface area contributed by atoms with Crippen LogP contribution in [0.2, 0.25) is 0 Å². The Bertz CT molecular complexity index is 1410. The number of H-pyrrole nitrogens is 1. The molecule has 12 heteroatoms. The Balaban J connectivity index is 1.20. The van der Waals surface area contributed by atoms with Gasteiger partial charge in [0, 0.05) is 61.9 Å². The molecular weight excluding hydrogens is 473 g/mol. The van der Waals surface area contributed by atoms with Gasteiger partial charge in [-0.3, -0.25) is 4.79 Å². The van der Waals surface area contributed by atoms with Crippen molar-refractivity contribution < 1.29 is 18.0 Å². The van der Waals surface area contributed by atoms with E-state index in [1.807, 2.05) is 34.2 Å². The minimum Gasteiger partial charge on any atom is -0.361 e. The van der Waals surface area contributed by atoms with E-state index in [0.717, 1.165) is 41.3 Å². The summed E-state index contributed by atoms with van der Waals surface area (Å²) in [6, 6.07) is 9.01. The van der Waals surface area contributed by atoms with Gasteiger partial charge in [-0.15, -0.1) is 15.3 Å². The Morgan fingerprint density at radius 2 is 1.78 bits per heavy atom. The van der Waals surface area contributed by atoms with Gasteiger partial charge in [-0.25, -0.2) is 0 Å². The molecule has 0 saturated carbocycles. The second kappa shape index (κ2) is 8.77. The summed E-state index contributed by atoms with van der Waals surface area (Å²) in [5.41, 5.74) is 2.91. The first-order chi connectivity index (χ1) is 17.4. The average Bonchev–Trinajstić information content (AvgIpc) is 3.52. The number of benzene rings is 1. The van der Waals surface area contributed by atoms with Crippen LogP contribution in [0.4, 0.5) is 19.0 Å². The first-order valence-corrected chi connectivity index (χ1v) is 12.0. The number of rotatable bonds is 3. The summed E-state index contributed by atoms with van der Waals surface area (Å²) in [5.74, 6) is -0.341. The van der Waals surface area contributed by atoms with E-state index < -0.39 is 12.0 Å². The fourth-order valence-electron chi connectivity index (χ4n) is 5.21. The molecule has 36 heavy (non-hydrogen) atoms. The number of anilines is 1. The van der Waals surface area contributed by atoms with Crippen LogP contribution in [0.3, 0.4) is 0 Å². The molecule has 188 valence electrons. The predicted molar refractivity (Wildman–Crippen MR) is 127 cm³/mol. The molecule has 1 aromatic carbocycles. The highest BCUT2D eigenvalue weighted by Gasteiger charge is 2.38. The first kappa shape index (κ1) is 22.8. The van der Waals surface area contributed by atoms with Crippen LogP contribution in [0.1, 0.15) is 40.5 Å².